The number of rotatable bonds is 6. The zero-order chi connectivity index (χ0) is 18.4. The van der Waals surface area contributed by atoms with Gasteiger partial charge in [-0.2, -0.15) is 0 Å². The maximum atomic E-state index is 12.4. The number of carbonyl (C=O) groups is 3. The van der Waals surface area contributed by atoms with Gasteiger partial charge in [0.1, 0.15) is 5.75 Å². The SMILES string of the molecule is COc1ccc(CC(=O)N2CCN(CC(=O)NC(C)C)C(=O)C2)cc1. The summed E-state index contributed by atoms with van der Waals surface area (Å²) in [7, 11) is 1.59. The Labute approximate surface area is 147 Å². The molecule has 136 valence electrons. The van der Waals surface area contributed by atoms with Gasteiger partial charge in [0.2, 0.25) is 17.7 Å². The first kappa shape index (κ1) is 18.8. The topological polar surface area (TPSA) is 79.0 Å². The van der Waals surface area contributed by atoms with Crippen molar-refractivity contribution >= 4 is 17.7 Å². The summed E-state index contributed by atoms with van der Waals surface area (Å²) >= 11 is 0. The zero-order valence-corrected chi connectivity index (χ0v) is 14.9. The molecular weight excluding hydrogens is 322 g/mol. The van der Waals surface area contributed by atoms with Crippen LogP contribution >= 0.6 is 0 Å². The van der Waals surface area contributed by atoms with Crippen molar-refractivity contribution in [1.29, 1.82) is 0 Å². The smallest absolute Gasteiger partial charge is 0.242 e. The Kier molecular flexibility index (Phi) is 6.38. The van der Waals surface area contributed by atoms with Gasteiger partial charge in [0.25, 0.3) is 0 Å². The molecule has 0 spiro atoms. The van der Waals surface area contributed by atoms with Crippen LogP contribution in [0.1, 0.15) is 19.4 Å². The molecule has 7 heteroatoms. The van der Waals surface area contributed by atoms with E-state index < -0.39 is 0 Å². The van der Waals surface area contributed by atoms with Crippen LogP contribution < -0.4 is 10.1 Å². The van der Waals surface area contributed by atoms with Gasteiger partial charge >= 0.3 is 0 Å². The fourth-order valence-corrected chi connectivity index (χ4v) is 2.66. The van der Waals surface area contributed by atoms with Crippen molar-refractivity contribution in [1.82, 2.24) is 15.1 Å². The fraction of sp³-hybridized carbons (Fsp3) is 0.500. The van der Waals surface area contributed by atoms with E-state index >= 15 is 0 Å². The molecule has 0 bridgehead atoms. The van der Waals surface area contributed by atoms with Gasteiger partial charge in [-0.25, -0.2) is 0 Å². The van der Waals surface area contributed by atoms with Crippen molar-refractivity contribution in [3.63, 3.8) is 0 Å². The number of nitrogens with one attached hydrogen (secondary N) is 1. The number of amides is 3. The molecule has 1 aliphatic rings. The van der Waals surface area contributed by atoms with Crippen LogP contribution in [0.15, 0.2) is 24.3 Å². The van der Waals surface area contributed by atoms with Crippen LogP contribution in [-0.4, -0.2) is 66.9 Å². The third-order valence-corrected chi connectivity index (χ3v) is 3.97. The molecule has 0 saturated carbocycles. The predicted octanol–water partition coefficient (Wildman–Crippen LogP) is 0.433. The van der Waals surface area contributed by atoms with Crippen molar-refractivity contribution in [3.8, 4) is 5.75 Å². The van der Waals surface area contributed by atoms with Gasteiger partial charge in [0.15, 0.2) is 0 Å². The maximum absolute atomic E-state index is 12.4. The highest BCUT2D eigenvalue weighted by atomic mass is 16.5. The minimum Gasteiger partial charge on any atom is -0.497 e. The average Bonchev–Trinajstić information content (AvgIpc) is 2.56. The molecule has 7 nitrogen and oxygen atoms in total. The Balaban J connectivity index is 1.85. The number of nitrogens with zero attached hydrogens (tertiary/aromatic N) is 2. The standard InChI is InChI=1S/C18H25N3O4/c1-13(2)19-16(22)11-20-8-9-21(12-18(20)24)17(23)10-14-4-6-15(25-3)7-5-14/h4-7,13H,8-12H2,1-3H3,(H,19,22). The van der Waals surface area contributed by atoms with E-state index in [0.717, 1.165) is 11.3 Å². The zero-order valence-electron chi connectivity index (χ0n) is 14.9. The molecule has 1 N–H and O–H groups in total. The molecule has 0 atom stereocenters. The van der Waals surface area contributed by atoms with Gasteiger partial charge in [0, 0.05) is 19.1 Å². The van der Waals surface area contributed by atoms with Gasteiger partial charge in [-0.05, 0) is 31.5 Å². The highest BCUT2D eigenvalue weighted by Gasteiger charge is 2.28. The molecule has 1 saturated heterocycles. The predicted molar refractivity (Wildman–Crippen MR) is 93.1 cm³/mol. The van der Waals surface area contributed by atoms with Crippen molar-refractivity contribution in [2.45, 2.75) is 26.3 Å². The molecule has 3 amide bonds. The summed E-state index contributed by atoms with van der Waals surface area (Å²) in [6.45, 7) is 4.61. The molecule has 25 heavy (non-hydrogen) atoms. The van der Waals surface area contributed by atoms with E-state index in [1.165, 1.54) is 4.90 Å². The quantitative estimate of drug-likeness (QED) is 0.810. The van der Waals surface area contributed by atoms with Gasteiger partial charge in [-0.1, -0.05) is 12.1 Å². The Morgan fingerprint density at radius 1 is 1.20 bits per heavy atom. The second kappa shape index (κ2) is 8.50. The van der Waals surface area contributed by atoms with E-state index in [1.807, 2.05) is 26.0 Å². The van der Waals surface area contributed by atoms with Gasteiger partial charge in [0.05, 0.1) is 26.6 Å². The summed E-state index contributed by atoms with van der Waals surface area (Å²) in [6, 6.07) is 7.32. The lowest BCUT2D eigenvalue weighted by Crippen LogP contribution is -2.55. The Morgan fingerprint density at radius 2 is 1.88 bits per heavy atom. The van der Waals surface area contributed by atoms with Crippen LogP contribution in [0.2, 0.25) is 0 Å². The Morgan fingerprint density at radius 3 is 2.44 bits per heavy atom. The number of hydrogen-bond donors (Lipinski definition) is 1. The normalized spacial score (nSPS) is 14.6. The summed E-state index contributed by atoms with van der Waals surface area (Å²) < 4.78 is 5.09. The summed E-state index contributed by atoms with van der Waals surface area (Å²) in [5, 5.41) is 2.76. The van der Waals surface area contributed by atoms with E-state index in [2.05, 4.69) is 5.32 Å². The highest BCUT2D eigenvalue weighted by molar-refractivity contribution is 5.89. The number of carbonyl (C=O) groups excluding carboxylic acids is 3. The van der Waals surface area contributed by atoms with E-state index in [0.29, 0.717) is 13.1 Å². The van der Waals surface area contributed by atoms with Crippen molar-refractivity contribution in [2.24, 2.45) is 0 Å². The monoisotopic (exact) mass is 347 g/mol. The molecule has 1 aliphatic heterocycles. The molecule has 1 aromatic carbocycles. The van der Waals surface area contributed by atoms with Gasteiger partial charge < -0.3 is 19.9 Å². The average molecular weight is 347 g/mol. The largest absolute Gasteiger partial charge is 0.497 e. The third-order valence-electron chi connectivity index (χ3n) is 3.97. The van der Waals surface area contributed by atoms with Crippen LogP contribution in [-0.2, 0) is 20.8 Å². The molecular formula is C18H25N3O4. The number of ether oxygens (including phenoxy) is 1. The lowest BCUT2D eigenvalue weighted by Gasteiger charge is -2.34. The van der Waals surface area contributed by atoms with Gasteiger partial charge in [-0.15, -0.1) is 0 Å². The second-order valence-corrected chi connectivity index (χ2v) is 6.38. The first-order valence-electron chi connectivity index (χ1n) is 8.37. The van der Waals surface area contributed by atoms with E-state index in [4.69, 9.17) is 4.74 Å². The second-order valence-electron chi connectivity index (χ2n) is 6.38. The molecule has 0 aliphatic carbocycles. The number of methoxy groups -OCH3 is 1. The Bertz CT molecular complexity index is 628. The van der Waals surface area contributed by atoms with E-state index in [-0.39, 0.29) is 43.3 Å². The molecule has 1 aromatic rings. The number of hydrogen-bond acceptors (Lipinski definition) is 4. The molecule has 1 fully saturated rings. The van der Waals surface area contributed by atoms with Crippen molar-refractivity contribution in [2.75, 3.05) is 33.3 Å². The fourth-order valence-electron chi connectivity index (χ4n) is 2.66. The first-order chi connectivity index (χ1) is 11.9. The molecule has 0 unspecified atom stereocenters. The minimum absolute atomic E-state index is 0.0178. The molecule has 0 radical (unpaired) electrons. The number of piperazine rings is 1. The van der Waals surface area contributed by atoms with Crippen molar-refractivity contribution in [3.05, 3.63) is 29.8 Å². The van der Waals surface area contributed by atoms with Crippen LogP contribution in [0.4, 0.5) is 0 Å². The lowest BCUT2D eigenvalue weighted by atomic mass is 10.1. The molecule has 1 heterocycles. The van der Waals surface area contributed by atoms with Crippen LogP contribution in [0, 0.1) is 0 Å². The summed E-state index contributed by atoms with van der Waals surface area (Å²) in [4.78, 5) is 39.4. The third kappa shape index (κ3) is 5.48. The summed E-state index contributed by atoms with van der Waals surface area (Å²) in [5.74, 6) is 0.263. The van der Waals surface area contributed by atoms with Gasteiger partial charge in [-0.3, -0.25) is 14.4 Å². The van der Waals surface area contributed by atoms with Crippen molar-refractivity contribution < 1.29 is 19.1 Å². The summed E-state index contributed by atoms with van der Waals surface area (Å²) in [5.41, 5.74) is 0.872. The van der Waals surface area contributed by atoms with Crippen LogP contribution in [0.5, 0.6) is 5.75 Å². The minimum atomic E-state index is -0.201. The highest BCUT2D eigenvalue weighted by Crippen LogP contribution is 2.13. The van der Waals surface area contributed by atoms with Crippen LogP contribution in [0.25, 0.3) is 0 Å². The maximum Gasteiger partial charge on any atom is 0.242 e. The van der Waals surface area contributed by atoms with E-state index in [1.54, 1.807) is 24.1 Å². The molecule has 0 aromatic heterocycles. The first-order valence-corrected chi connectivity index (χ1v) is 8.37. The lowest BCUT2D eigenvalue weighted by molar-refractivity contribution is -0.146. The van der Waals surface area contributed by atoms with Crippen LogP contribution in [0.3, 0.4) is 0 Å². The Hall–Kier alpha value is -2.57. The number of benzene rings is 1. The van der Waals surface area contributed by atoms with E-state index in [9.17, 15) is 14.4 Å². The summed E-state index contributed by atoms with van der Waals surface area (Å²) in [6.07, 6.45) is 0.241. The molecule has 2 rings (SSSR count).